The van der Waals surface area contributed by atoms with Gasteiger partial charge in [0.25, 0.3) is 0 Å². The third kappa shape index (κ3) is 3.08. The van der Waals surface area contributed by atoms with Crippen LogP contribution in [0.15, 0.2) is 0 Å². The highest BCUT2D eigenvalue weighted by Crippen LogP contribution is 2.42. The molecule has 18 heavy (non-hydrogen) atoms. The van der Waals surface area contributed by atoms with Gasteiger partial charge in [-0.15, -0.1) is 0 Å². The molecule has 2 nitrogen and oxygen atoms in total. The van der Waals surface area contributed by atoms with E-state index < -0.39 is 0 Å². The maximum atomic E-state index is 10.4. The average Bonchev–Trinajstić information content (AvgIpc) is 2.63. The van der Waals surface area contributed by atoms with E-state index >= 15 is 0 Å². The van der Waals surface area contributed by atoms with Gasteiger partial charge in [0.05, 0.1) is 6.10 Å². The van der Waals surface area contributed by atoms with Gasteiger partial charge in [0.15, 0.2) is 0 Å². The standard InChI is InChI=1S/C16H31NO/c1-4-17(14-8-6-5-7-9-14)12-13-10-11-16(2,3)15(13)18/h13-15,18H,4-12H2,1-3H3. The topological polar surface area (TPSA) is 23.5 Å². The first kappa shape index (κ1) is 14.3. The fourth-order valence-corrected chi connectivity index (χ4v) is 3.98. The molecule has 2 aliphatic rings. The molecule has 0 amide bonds. The van der Waals surface area contributed by atoms with E-state index in [1.165, 1.54) is 44.9 Å². The SMILES string of the molecule is CCN(CC1CCC(C)(C)C1O)C1CCCCC1. The molecule has 2 heteroatoms. The first-order chi connectivity index (χ1) is 8.54. The van der Waals surface area contributed by atoms with Gasteiger partial charge in [-0.25, -0.2) is 0 Å². The summed E-state index contributed by atoms with van der Waals surface area (Å²) in [4.78, 5) is 2.65. The Morgan fingerprint density at radius 3 is 2.28 bits per heavy atom. The van der Waals surface area contributed by atoms with E-state index in [1.54, 1.807) is 0 Å². The monoisotopic (exact) mass is 253 g/mol. The third-order valence-electron chi connectivity index (χ3n) is 5.37. The molecule has 2 atom stereocenters. The molecule has 0 aromatic heterocycles. The van der Waals surface area contributed by atoms with E-state index in [0.717, 1.165) is 19.1 Å². The zero-order valence-corrected chi connectivity index (χ0v) is 12.5. The Hall–Kier alpha value is -0.0800. The highest BCUT2D eigenvalue weighted by atomic mass is 16.3. The Balaban J connectivity index is 1.90. The highest BCUT2D eigenvalue weighted by molar-refractivity contribution is 4.93. The summed E-state index contributed by atoms with van der Waals surface area (Å²) < 4.78 is 0. The van der Waals surface area contributed by atoms with Crippen LogP contribution < -0.4 is 0 Å². The second-order valence-corrected chi connectivity index (χ2v) is 7.11. The molecular formula is C16H31NO. The molecule has 0 heterocycles. The maximum absolute atomic E-state index is 10.4. The third-order valence-corrected chi connectivity index (χ3v) is 5.37. The van der Waals surface area contributed by atoms with Crippen molar-refractivity contribution in [2.75, 3.05) is 13.1 Å². The Kier molecular flexibility index (Phi) is 4.71. The molecule has 2 fully saturated rings. The molecule has 0 radical (unpaired) electrons. The number of nitrogens with zero attached hydrogens (tertiary/aromatic N) is 1. The Morgan fingerprint density at radius 1 is 1.11 bits per heavy atom. The predicted octanol–water partition coefficient (Wildman–Crippen LogP) is 3.44. The minimum Gasteiger partial charge on any atom is -0.392 e. The van der Waals surface area contributed by atoms with E-state index in [1.807, 2.05) is 0 Å². The first-order valence-electron chi connectivity index (χ1n) is 7.96. The van der Waals surface area contributed by atoms with E-state index in [0.29, 0.717) is 5.92 Å². The largest absolute Gasteiger partial charge is 0.392 e. The van der Waals surface area contributed by atoms with Crippen molar-refractivity contribution in [1.82, 2.24) is 4.90 Å². The summed E-state index contributed by atoms with van der Waals surface area (Å²) >= 11 is 0. The summed E-state index contributed by atoms with van der Waals surface area (Å²) in [5.74, 6) is 0.502. The average molecular weight is 253 g/mol. The lowest BCUT2D eigenvalue weighted by molar-refractivity contribution is 0.0239. The smallest absolute Gasteiger partial charge is 0.0631 e. The van der Waals surface area contributed by atoms with Gasteiger partial charge in [-0.3, -0.25) is 0 Å². The fraction of sp³-hybridized carbons (Fsp3) is 1.00. The zero-order valence-electron chi connectivity index (χ0n) is 12.5. The molecule has 2 aliphatic carbocycles. The second-order valence-electron chi connectivity index (χ2n) is 7.11. The predicted molar refractivity (Wildman–Crippen MR) is 76.6 cm³/mol. The van der Waals surface area contributed by atoms with Gasteiger partial charge >= 0.3 is 0 Å². The Bertz CT molecular complexity index is 258. The summed E-state index contributed by atoms with van der Waals surface area (Å²) in [5.41, 5.74) is 0.136. The molecule has 2 rings (SSSR count). The van der Waals surface area contributed by atoms with Gasteiger partial charge in [0, 0.05) is 12.6 Å². The van der Waals surface area contributed by atoms with Crippen molar-refractivity contribution in [3.63, 3.8) is 0 Å². The minimum atomic E-state index is -0.102. The van der Waals surface area contributed by atoms with Crippen molar-refractivity contribution in [2.45, 2.75) is 77.9 Å². The molecule has 2 saturated carbocycles. The quantitative estimate of drug-likeness (QED) is 0.829. The fourth-order valence-electron chi connectivity index (χ4n) is 3.98. The molecule has 0 bridgehead atoms. The normalized spacial score (nSPS) is 33.2. The molecule has 0 aromatic rings. The van der Waals surface area contributed by atoms with Gasteiger partial charge in [-0.2, -0.15) is 0 Å². The van der Waals surface area contributed by atoms with Gasteiger partial charge in [0.1, 0.15) is 0 Å². The van der Waals surface area contributed by atoms with Crippen molar-refractivity contribution in [2.24, 2.45) is 11.3 Å². The van der Waals surface area contributed by atoms with Crippen LogP contribution in [0.25, 0.3) is 0 Å². The highest BCUT2D eigenvalue weighted by Gasteiger charge is 2.41. The number of aliphatic hydroxyl groups excluding tert-OH is 1. The molecule has 0 aromatic carbocycles. The van der Waals surface area contributed by atoms with Crippen LogP contribution in [0.5, 0.6) is 0 Å². The molecule has 2 unspecified atom stereocenters. The Morgan fingerprint density at radius 2 is 1.78 bits per heavy atom. The van der Waals surface area contributed by atoms with Crippen molar-refractivity contribution < 1.29 is 5.11 Å². The second kappa shape index (κ2) is 5.92. The summed E-state index contributed by atoms with van der Waals surface area (Å²) in [6, 6.07) is 0.791. The maximum Gasteiger partial charge on any atom is 0.0631 e. The van der Waals surface area contributed by atoms with Crippen LogP contribution in [0, 0.1) is 11.3 Å². The summed E-state index contributed by atoms with van der Waals surface area (Å²) in [7, 11) is 0. The van der Waals surface area contributed by atoms with Crippen LogP contribution in [-0.4, -0.2) is 35.2 Å². The van der Waals surface area contributed by atoms with Gasteiger partial charge in [0.2, 0.25) is 0 Å². The molecule has 0 spiro atoms. The van der Waals surface area contributed by atoms with Crippen LogP contribution in [0.1, 0.15) is 65.7 Å². The molecular weight excluding hydrogens is 222 g/mol. The first-order valence-corrected chi connectivity index (χ1v) is 7.96. The van der Waals surface area contributed by atoms with E-state index in [4.69, 9.17) is 0 Å². The van der Waals surface area contributed by atoms with E-state index in [2.05, 4.69) is 25.7 Å². The van der Waals surface area contributed by atoms with Crippen LogP contribution in [-0.2, 0) is 0 Å². The van der Waals surface area contributed by atoms with Crippen LogP contribution in [0.2, 0.25) is 0 Å². The number of aliphatic hydroxyl groups is 1. The van der Waals surface area contributed by atoms with Crippen molar-refractivity contribution >= 4 is 0 Å². The van der Waals surface area contributed by atoms with Gasteiger partial charge in [-0.1, -0.05) is 40.0 Å². The van der Waals surface area contributed by atoms with Crippen molar-refractivity contribution in [3.8, 4) is 0 Å². The summed E-state index contributed by atoms with van der Waals surface area (Å²) in [6.45, 7) is 8.98. The lowest BCUT2D eigenvalue weighted by atomic mass is 9.87. The number of hydrogen-bond donors (Lipinski definition) is 1. The summed E-state index contributed by atoms with van der Waals surface area (Å²) in [5, 5.41) is 10.4. The zero-order chi connectivity index (χ0) is 13.2. The molecule has 106 valence electrons. The number of rotatable bonds is 4. The molecule has 0 aliphatic heterocycles. The van der Waals surface area contributed by atoms with Crippen LogP contribution >= 0.6 is 0 Å². The van der Waals surface area contributed by atoms with E-state index in [9.17, 15) is 5.11 Å². The number of hydrogen-bond acceptors (Lipinski definition) is 2. The van der Waals surface area contributed by atoms with Gasteiger partial charge in [-0.05, 0) is 43.6 Å². The summed E-state index contributed by atoms with van der Waals surface area (Å²) in [6.07, 6.45) is 9.26. The minimum absolute atomic E-state index is 0.102. The molecule has 0 saturated heterocycles. The van der Waals surface area contributed by atoms with Crippen molar-refractivity contribution in [1.29, 1.82) is 0 Å². The van der Waals surface area contributed by atoms with Gasteiger partial charge < -0.3 is 10.0 Å². The lowest BCUT2D eigenvalue weighted by Crippen LogP contribution is -2.42. The van der Waals surface area contributed by atoms with Crippen LogP contribution in [0.3, 0.4) is 0 Å². The van der Waals surface area contributed by atoms with Crippen molar-refractivity contribution in [3.05, 3.63) is 0 Å². The lowest BCUT2D eigenvalue weighted by Gasteiger charge is -2.36. The van der Waals surface area contributed by atoms with Crippen LogP contribution in [0.4, 0.5) is 0 Å². The molecule has 1 N–H and O–H groups in total. The Labute approximate surface area is 113 Å². The van der Waals surface area contributed by atoms with E-state index in [-0.39, 0.29) is 11.5 Å².